The van der Waals surface area contributed by atoms with Crippen molar-refractivity contribution in [2.24, 2.45) is 0 Å². The van der Waals surface area contributed by atoms with Gasteiger partial charge in [-0.25, -0.2) is 4.98 Å². The number of anilines is 3. The van der Waals surface area contributed by atoms with Gasteiger partial charge in [-0.15, -0.1) is 0 Å². The molecule has 3 rings (SSSR count). The van der Waals surface area contributed by atoms with Crippen LogP contribution in [-0.2, 0) is 0 Å². The summed E-state index contributed by atoms with van der Waals surface area (Å²) in [4.78, 5) is 4.26. The zero-order chi connectivity index (χ0) is 12.5. The Bertz CT molecular complexity index is 599. The van der Waals surface area contributed by atoms with Crippen LogP contribution in [0.4, 0.5) is 17.2 Å². The van der Waals surface area contributed by atoms with Gasteiger partial charge in [0.25, 0.3) is 0 Å². The molecule has 0 aliphatic carbocycles. The Labute approximate surface area is 105 Å². The van der Waals surface area contributed by atoms with E-state index in [4.69, 9.17) is 15.2 Å². The largest absolute Gasteiger partial charge is 0.454 e. The summed E-state index contributed by atoms with van der Waals surface area (Å²) >= 11 is 0. The van der Waals surface area contributed by atoms with Crippen molar-refractivity contribution in [3.63, 3.8) is 0 Å². The molecule has 0 saturated heterocycles. The van der Waals surface area contributed by atoms with Gasteiger partial charge in [-0.05, 0) is 30.7 Å². The van der Waals surface area contributed by atoms with Gasteiger partial charge in [-0.1, -0.05) is 0 Å². The first-order valence-corrected chi connectivity index (χ1v) is 5.61. The number of pyridine rings is 1. The second-order valence-corrected chi connectivity index (χ2v) is 4.14. The third kappa shape index (κ3) is 1.90. The number of nitrogens with two attached hydrogens (primary N) is 1. The van der Waals surface area contributed by atoms with E-state index >= 15 is 0 Å². The maximum absolute atomic E-state index is 5.90. The SMILES string of the molecule is Cc1cnc(Nc2ccc3c(c2)OCO3)c(N)c1. The van der Waals surface area contributed by atoms with Crippen LogP contribution in [0.15, 0.2) is 30.5 Å². The molecule has 0 saturated carbocycles. The van der Waals surface area contributed by atoms with Gasteiger partial charge >= 0.3 is 0 Å². The van der Waals surface area contributed by atoms with Gasteiger partial charge in [0.1, 0.15) is 0 Å². The van der Waals surface area contributed by atoms with Crippen molar-refractivity contribution >= 4 is 17.2 Å². The standard InChI is InChI=1S/C13H13N3O2/c1-8-4-10(14)13(15-6-8)16-9-2-3-11-12(5-9)18-7-17-11/h2-6H,7,14H2,1H3,(H,15,16). The van der Waals surface area contributed by atoms with Crippen LogP contribution in [0.5, 0.6) is 11.5 Å². The Morgan fingerprint density at radius 1 is 1.22 bits per heavy atom. The van der Waals surface area contributed by atoms with Gasteiger partial charge in [0, 0.05) is 18.0 Å². The van der Waals surface area contributed by atoms with Crippen LogP contribution in [0.3, 0.4) is 0 Å². The monoisotopic (exact) mass is 243 g/mol. The summed E-state index contributed by atoms with van der Waals surface area (Å²) in [5.41, 5.74) is 8.41. The number of hydrogen-bond acceptors (Lipinski definition) is 5. The van der Waals surface area contributed by atoms with Gasteiger partial charge in [0.15, 0.2) is 17.3 Å². The Kier molecular flexibility index (Phi) is 2.44. The second kappa shape index (κ2) is 4.10. The van der Waals surface area contributed by atoms with E-state index in [2.05, 4.69) is 10.3 Å². The molecule has 1 aromatic carbocycles. The number of rotatable bonds is 2. The Hall–Kier alpha value is -2.43. The molecule has 2 heterocycles. The zero-order valence-corrected chi connectivity index (χ0v) is 9.93. The molecule has 18 heavy (non-hydrogen) atoms. The fourth-order valence-electron chi connectivity index (χ4n) is 1.81. The van der Waals surface area contributed by atoms with Crippen molar-refractivity contribution in [3.8, 4) is 11.5 Å². The molecule has 0 atom stereocenters. The van der Waals surface area contributed by atoms with Crippen molar-refractivity contribution in [1.29, 1.82) is 0 Å². The number of benzene rings is 1. The fourth-order valence-corrected chi connectivity index (χ4v) is 1.81. The van der Waals surface area contributed by atoms with Crippen LogP contribution < -0.4 is 20.5 Å². The average Bonchev–Trinajstić information content (AvgIpc) is 2.80. The predicted octanol–water partition coefficient (Wildman–Crippen LogP) is 2.44. The van der Waals surface area contributed by atoms with E-state index in [1.165, 1.54) is 0 Å². The number of nitrogen functional groups attached to an aromatic ring is 1. The minimum atomic E-state index is 0.268. The van der Waals surface area contributed by atoms with E-state index < -0.39 is 0 Å². The molecule has 92 valence electrons. The van der Waals surface area contributed by atoms with Crippen molar-refractivity contribution in [3.05, 3.63) is 36.0 Å². The normalized spacial score (nSPS) is 12.5. The fraction of sp³-hybridized carbons (Fsp3) is 0.154. The van der Waals surface area contributed by atoms with Gasteiger partial charge in [0.05, 0.1) is 5.69 Å². The highest BCUT2D eigenvalue weighted by Crippen LogP contribution is 2.35. The molecule has 0 bridgehead atoms. The molecule has 0 fully saturated rings. The molecule has 0 radical (unpaired) electrons. The topological polar surface area (TPSA) is 69.4 Å². The third-order valence-electron chi connectivity index (χ3n) is 2.69. The molecule has 0 unspecified atom stereocenters. The highest BCUT2D eigenvalue weighted by Gasteiger charge is 2.13. The number of fused-ring (bicyclic) bond motifs is 1. The number of aryl methyl sites for hydroxylation is 1. The summed E-state index contributed by atoms with van der Waals surface area (Å²) < 4.78 is 10.6. The smallest absolute Gasteiger partial charge is 0.231 e. The lowest BCUT2D eigenvalue weighted by molar-refractivity contribution is 0.174. The van der Waals surface area contributed by atoms with E-state index in [9.17, 15) is 0 Å². The molecule has 2 aromatic rings. The first-order valence-electron chi connectivity index (χ1n) is 5.61. The van der Waals surface area contributed by atoms with Gasteiger partial charge in [-0.2, -0.15) is 0 Å². The average molecular weight is 243 g/mol. The van der Waals surface area contributed by atoms with E-state index in [0.717, 1.165) is 22.7 Å². The van der Waals surface area contributed by atoms with Crippen LogP contribution >= 0.6 is 0 Å². The highest BCUT2D eigenvalue weighted by atomic mass is 16.7. The van der Waals surface area contributed by atoms with Crippen LogP contribution in [0.25, 0.3) is 0 Å². The number of ether oxygens (including phenoxy) is 2. The van der Waals surface area contributed by atoms with Crippen molar-refractivity contribution in [2.45, 2.75) is 6.92 Å². The first kappa shape index (κ1) is 10.7. The summed E-state index contributed by atoms with van der Waals surface area (Å²) in [5.74, 6) is 2.12. The van der Waals surface area contributed by atoms with Crippen molar-refractivity contribution in [2.75, 3.05) is 17.8 Å². The van der Waals surface area contributed by atoms with Crippen LogP contribution in [0.1, 0.15) is 5.56 Å². The van der Waals surface area contributed by atoms with Crippen LogP contribution in [0, 0.1) is 6.92 Å². The van der Waals surface area contributed by atoms with E-state index in [-0.39, 0.29) is 6.79 Å². The zero-order valence-electron chi connectivity index (χ0n) is 9.93. The summed E-state index contributed by atoms with van der Waals surface area (Å²) in [6.45, 7) is 2.22. The molecule has 5 heteroatoms. The number of nitrogens with zero attached hydrogens (tertiary/aromatic N) is 1. The molecule has 5 nitrogen and oxygen atoms in total. The Morgan fingerprint density at radius 2 is 2.06 bits per heavy atom. The maximum atomic E-state index is 5.90. The van der Waals surface area contributed by atoms with Crippen molar-refractivity contribution < 1.29 is 9.47 Å². The minimum absolute atomic E-state index is 0.268. The lowest BCUT2D eigenvalue weighted by atomic mass is 10.2. The molecular formula is C13H13N3O2. The lowest BCUT2D eigenvalue weighted by Gasteiger charge is -2.09. The number of hydrogen-bond donors (Lipinski definition) is 2. The molecule has 1 aliphatic rings. The van der Waals surface area contributed by atoms with Gasteiger partial charge in [0.2, 0.25) is 6.79 Å². The maximum Gasteiger partial charge on any atom is 0.231 e. The van der Waals surface area contributed by atoms with E-state index in [1.54, 1.807) is 6.20 Å². The minimum Gasteiger partial charge on any atom is -0.454 e. The Balaban J connectivity index is 1.88. The van der Waals surface area contributed by atoms with Crippen LogP contribution in [-0.4, -0.2) is 11.8 Å². The Morgan fingerprint density at radius 3 is 2.89 bits per heavy atom. The summed E-state index contributed by atoms with van der Waals surface area (Å²) in [5, 5.41) is 3.16. The summed E-state index contributed by atoms with van der Waals surface area (Å²) in [6, 6.07) is 7.50. The predicted molar refractivity (Wildman–Crippen MR) is 69.2 cm³/mol. The van der Waals surface area contributed by atoms with E-state index in [1.807, 2.05) is 31.2 Å². The second-order valence-electron chi connectivity index (χ2n) is 4.14. The number of nitrogens with one attached hydrogen (secondary N) is 1. The lowest BCUT2D eigenvalue weighted by Crippen LogP contribution is -1.99. The molecule has 1 aromatic heterocycles. The summed E-state index contributed by atoms with van der Waals surface area (Å²) in [6.07, 6.45) is 1.77. The third-order valence-corrected chi connectivity index (χ3v) is 2.69. The molecular weight excluding hydrogens is 230 g/mol. The quantitative estimate of drug-likeness (QED) is 0.847. The van der Waals surface area contributed by atoms with Gasteiger partial charge < -0.3 is 20.5 Å². The van der Waals surface area contributed by atoms with Gasteiger partial charge in [-0.3, -0.25) is 0 Å². The summed E-state index contributed by atoms with van der Waals surface area (Å²) in [7, 11) is 0. The first-order chi connectivity index (χ1) is 8.72. The highest BCUT2D eigenvalue weighted by molar-refractivity contribution is 5.70. The van der Waals surface area contributed by atoms with Crippen molar-refractivity contribution in [1.82, 2.24) is 4.98 Å². The molecule has 1 aliphatic heterocycles. The molecule has 0 spiro atoms. The van der Waals surface area contributed by atoms with E-state index in [0.29, 0.717) is 11.5 Å². The molecule has 0 amide bonds. The number of aromatic nitrogens is 1. The molecule has 3 N–H and O–H groups in total. The van der Waals surface area contributed by atoms with Crippen LogP contribution in [0.2, 0.25) is 0 Å².